The van der Waals surface area contributed by atoms with Gasteiger partial charge in [0, 0.05) is 23.8 Å². The number of hydrogen-bond donors (Lipinski definition) is 0. The highest BCUT2D eigenvalue weighted by atomic mass is 35.5. The molecule has 0 N–H and O–H groups in total. The highest BCUT2D eigenvalue weighted by Gasteiger charge is 2.05. The van der Waals surface area contributed by atoms with Crippen molar-refractivity contribution in [2.45, 2.75) is 6.92 Å². The van der Waals surface area contributed by atoms with Crippen molar-refractivity contribution in [3.8, 4) is 5.69 Å². The fraction of sp³-hybridized carbons (Fsp3) is 0.0769. The summed E-state index contributed by atoms with van der Waals surface area (Å²) in [6, 6.07) is 9.88. The van der Waals surface area contributed by atoms with Crippen LogP contribution in [0.25, 0.3) is 16.6 Å². The summed E-state index contributed by atoms with van der Waals surface area (Å²) in [7, 11) is 0. The molecule has 3 aromatic rings. The van der Waals surface area contributed by atoms with Gasteiger partial charge in [0.05, 0.1) is 11.2 Å². The van der Waals surface area contributed by atoms with E-state index in [4.69, 9.17) is 11.6 Å². The third-order valence-electron chi connectivity index (χ3n) is 2.72. The first-order chi connectivity index (χ1) is 8.24. The molecule has 3 rings (SSSR count). The van der Waals surface area contributed by atoms with Gasteiger partial charge in [-0.15, -0.1) is 0 Å². The van der Waals surface area contributed by atoms with Crippen molar-refractivity contribution in [3.63, 3.8) is 0 Å². The zero-order valence-corrected chi connectivity index (χ0v) is 10.0. The number of rotatable bonds is 1. The van der Waals surface area contributed by atoms with Gasteiger partial charge in [-0.3, -0.25) is 0 Å². The van der Waals surface area contributed by atoms with Gasteiger partial charge in [-0.1, -0.05) is 29.8 Å². The molecule has 0 radical (unpaired) electrons. The number of benzene rings is 1. The van der Waals surface area contributed by atoms with Crippen molar-refractivity contribution in [2.24, 2.45) is 0 Å². The number of fused-ring (bicyclic) bond motifs is 1. The van der Waals surface area contributed by atoms with Crippen molar-refractivity contribution < 1.29 is 0 Å². The van der Waals surface area contributed by atoms with E-state index in [1.165, 1.54) is 5.56 Å². The van der Waals surface area contributed by atoms with Crippen LogP contribution in [-0.4, -0.2) is 14.8 Å². The number of halogens is 1. The van der Waals surface area contributed by atoms with Crippen molar-refractivity contribution in [2.75, 3.05) is 0 Å². The zero-order valence-electron chi connectivity index (χ0n) is 9.26. The summed E-state index contributed by atoms with van der Waals surface area (Å²) in [6.07, 6.45) is 3.69. The van der Waals surface area contributed by atoms with Gasteiger partial charge >= 0.3 is 0 Å². The van der Waals surface area contributed by atoms with Crippen LogP contribution >= 0.6 is 11.6 Å². The Balaban J connectivity index is 2.22. The van der Waals surface area contributed by atoms with Crippen molar-refractivity contribution >= 4 is 22.5 Å². The van der Waals surface area contributed by atoms with Gasteiger partial charge < -0.3 is 0 Å². The molecule has 0 spiro atoms. The highest BCUT2D eigenvalue weighted by molar-refractivity contribution is 6.29. The van der Waals surface area contributed by atoms with E-state index in [1.54, 1.807) is 12.3 Å². The van der Waals surface area contributed by atoms with Gasteiger partial charge in [0.15, 0.2) is 0 Å². The molecule has 2 heterocycles. The number of aromatic nitrogens is 3. The van der Waals surface area contributed by atoms with Crippen LogP contribution in [0.5, 0.6) is 0 Å². The van der Waals surface area contributed by atoms with Crippen molar-refractivity contribution in [3.05, 3.63) is 53.4 Å². The summed E-state index contributed by atoms with van der Waals surface area (Å²) in [4.78, 5) is 4.05. The van der Waals surface area contributed by atoms with E-state index >= 15 is 0 Å². The van der Waals surface area contributed by atoms with E-state index < -0.39 is 0 Å². The summed E-state index contributed by atoms with van der Waals surface area (Å²) < 4.78 is 1.86. The van der Waals surface area contributed by atoms with Gasteiger partial charge in [-0.25, -0.2) is 9.67 Å². The number of nitrogens with zero attached hydrogens (tertiary/aromatic N) is 3. The maximum absolute atomic E-state index is 5.84. The lowest BCUT2D eigenvalue weighted by Gasteiger charge is -2.03. The average molecular weight is 244 g/mol. The molecule has 0 atom stereocenters. The Morgan fingerprint density at radius 2 is 2.06 bits per heavy atom. The Kier molecular flexibility index (Phi) is 2.34. The van der Waals surface area contributed by atoms with Crippen LogP contribution < -0.4 is 0 Å². The van der Waals surface area contributed by atoms with E-state index in [2.05, 4.69) is 23.1 Å². The number of hydrogen-bond acceptors (Lipinski definition) is 2. The Hall–Kier alpha value is -1.87. The second-order valence-electron chi connectivity index (χ2n) is 3.93. The third-order valence-corrected chi connectivity index (χ3v) is 2.92. The molecule has 0 bridgehead atoms. The molecule has 4 heteroatoms. The molecule has 0 aliphatic rings. The van der Waals surface area contributed by atoms with Crippen molar-refractivity contribution in [1.29, 1.82) is 0 Å². The minimum atomic E-state index is 0.465. The van der Waals surface area contributed by atoms with E-state index in [9.17, 15) is 0 Å². The Morgan fingerprint density at radius 1 is 1.24 bits per heavy atom. The Labute approximate surface area is 104 Å². The molecule has 0 saturated heterocycles. The van der Waals surface area contributed by atoms with Crippen LogP contribution in [0.4, 0.5) is 0 Å². The van der Waals surface area contributed by atoms with Crippen LogP contribution in [0.3, 0.4) is 0 Å². The molecule has 2 aromatic heterocycles. The molecule has 0 fully saturated rings. The zero-order chi connectivity index (χ0) is 11.8. The highest BCUT2D eigenvalue weighted by Crippen LogP contribution is 2.19. The Bertz CT molecular complexity index is 688. The number of aryl methyl sites for hydroxylation is 1. The first-order valence-corrected chi connectivity index (χ1v) is 5.69. The molecule has 17 heavy (non-hydrogen) atoms. The number of pyridine rings is 1. The molecule has 0 saturated carbocycles. The minimum absolute atomic E-state index is 0.465. The fourth-order valence-electron chi connectivity index (χ4n) is 1.84. The van der Waals surface area contributed by atoms with Crippen LogP contribution in [0.15, 0.2) is 42.7 Å². The molecule has 0 aliphatic carbocycles. The fourth-order valence-corrected chi connectivity index (χ4v) is 1.99. The predicted molar refractivity (Wildman–Crippen MR) is 68.6 cm³/mol. The summed E-state index contributed by atoms with van der Waals surface area (Å²) in [5, 5.41) is 5.95. The van der Waals surface area contributed by atoms with Crippen LogP contribution in [0.1, 0.15) is 5.56 Å². The van der Waals surface area contributed by atoms with Crippen LogP contribution in [0, 0.1) is 6.92 Å². The van der Waals surface area contributed by atoms with Gasteiger partial charge in [-0.2, -0.15) is 5.10 Å². The van der Waals surface area contributed by atoms with E-state index in [0.29, 0.717) is 5.15 Å². The standard InChI is InChI=1S/C13H10ClN3/c1-9-4-2-3-5-12(9)17-8-10-7-15-13(14)6-11(10)16-17/h2-8H,1H3. The summed E-state index contributed by atoms with van der Waals surface area (Å²) in [5.74, 6) is 0. The van der Waals surface area contributed by atoms with E-state index in [0.717, 1.165) is 16.6 Å². The molecule has 3 nitrogen and oxygen atoms in total. The lowest BCUT2D eigenvalue weighted by Crippen LogP contribution is -1.96. The summed E-state index contributed by atoms with van der Waals surface area (Å²) >= 11 is 5.84. The van der Waals surface area contributed by atoms with E-state index in [1.807, 2.05) is 29.1 Å². The van der Waals surface area contributed by atoms with Crippen molar-refractivity contribution in [1.82, 2.24) is 14.8 Å². The molecular weight excluding hydrogens is 234 g/mol. The molecule has 0 unspecified atom stereocenters. The van der Waals surface area contributed by atoms with Gasteiger partial charge in [-0.05, 0) is 18.6 Å². The molecule has 0 amide bonds. The SMILES string of the molecule is Cc1ccccc1-n1cc2cnc(Cl)cc2n1. The maximum atomic E-state index is 5.84. The quantitative estimate of drug-likeness (QED) is 0.614. The van der Waals surface area contributed by atoms with E-state index in [-0.39, 0.29) is 0 Å². The first-order valence-electron chi connectivity index (χ1n) is 5.31. The largest absolute Gasteiger partial charge is 0.244 e. The molecular formula is C13H10ClN3. The second kappa shape index (κ2) is 3.86. The molecule has 1 aromatic carbocycles. The van der Waals surface area contributed by atoms with Gasteiger partial charge in [0.25, 0.3) is 0 Å². The number of para-hydroxylation sites is 1. The predicted octanol–water partition coefficient (Wildman–Crippen LogP) is 3.38. The smallest absolute Gasteiger partial charge is 0.131 e. The lowest BCUT2D eigenvalue weighted by atomic mass is 10.2. The summed E-state index contributed by atoms with van der Waals surface area (Å²) in [6.45, 7) is 2.06. The molecule has 84 valence electrons. The topological polar surface area (TPSA) is 30.7 Å². The second-order valence-corrected chi connectivity index (χ2v) is 4.31. The van der Waals surface area contributed by atoms with Gasteiger partial charge in [0.1, 0.15) is 5.15 Å². The summed E-state index contributed by atoms with van der Waals surface area (Å²) in [5.41, 5.74) is 3.10. The Morgan fingerprint density at radius 3 is 2.88 bits per heavy atom. The third kappa shape index (κ3) is 1.78. The normalized spacial score (nSPS) is 10.9. The lowest BCUT2D eigenvalue weighted by molar-refractivity contribution is 0.888. The van der Waals surface area contributed by atoms with Gasteiger partial charge in [0.2, 0.25) is 0 Å². The molecule has 0 aliphatic heterocycles. The average Bonchev–Trinajstić information content (AvgIpc) is 2.72. The maximum Gasteiger partial charge on any atom is 0.131 e. The minimum Gasteiger partial charge on any atom is -0.244 e. The monoisotopic (exact) mass is 243 g/mol. The van der Waals surface area contributed by atoms with Crippen LogP contribution in [0.2, 0.25) is 5.15 Å². The first kappa shape index (κ1) is 10.3. The van der Waals surface area contributed by atoms with Crippen LogP contribution in [-0.2, 0) is 0 Å².